The van der Waals surface area contributed by atoms with Gasteiger partial charge in [-0.2, -0.15) is 0 Å². The van der Waals surface area contributed by atoms with Crippen LogP contribution in [0.2, 0.25) is 0 Å². The maximum absolute atomic E-state index is 13.3. The molecule has 1 unspecified atom stereocenters. The molecule has 4 rings (SSSR count). The quantitative estimate of drug-likeness (QED) is 0.650. The first kappa shape index (κ1) is 21.8. The molecule has 1 aromatic rings. The summed E-state index contributed by atoms with van der Waals surface area (Å²) in [4.78, 5) is 40.5. The second kappa shape index (κ2) is 9.36. The predicted molar refractivity (Wildman–Crippen MR) is 115 cm³/mol. The van der Waals surface area contributed by atoms with E-state index in [0.717, 1.165) is 19.3 Å². The summed E-state index contributed by atoms with van der Waals surface area (Å²) in [7, 11) is 1.70. The molecule has 168 valence electrons. The molecule has 2 saturated heterocycles. The Kier molecular flexibility index (Phi) is 6.57. The molecule has 3 amide bonds. The van der Waals surface area contributed by atoms with Crippen LogP contribution in [-0.2, 0) is 25.5 Å². The summed E-state index contributed by atoms with van der Waals surface area (Å²) in [5, 5.41) is 8.89. The lowest BCUT2D eigenvalue weighted by atomic mass is 9.87. The number of rotatable bonds is 5. The molecule has 3 N–H and O–H groups in total. The number of amides is 3. The van der Waals surface area contributed by atoms with E-state index < -0.39 is 24.4 Å². The van der Waals surface area contributed by atoms with Crippen molar-refractivity contribution in [3.63, 3.8) is 0 Å². The summed E-state index contributed by atoms with van der Waals surface area (Å²) in [6.07, 6.45) is 4.12. The summed E-state index contributed by atoms with van der Waals surface area (Å²) in [5.41, 5.74) is 2.44. The first-order valence-corrected chi connectivity index (χ1v) is 11.3. The van der Waals surface area contributed by atoms with Crippen LogP contribution < -0.4 is 16.0 Å². The van der Waals surface area contributed by atoms with Gasteiger partial charge in [0.05, 0.1) is 18.7 Å². The fraction of sp³-hybridized carbons (Fsp3) is 0.609. The van der Waals surface area contributed by atoms with Crippen LogP contribution in [0.25, 0.3) is 0 Å². The van der Waals surface area contributed by atoms with Crippen molar-refractivity contribution < 1.29 is 19.1 Å². The van der Waals surface area contributed by atoms with E-state index in [-0.39, 0.29) is 23.8 Å². The number of aryl methyl sites for hydroxylation is 1. The third-order valence-corrected chi connectivity index (χ3v) is 6.73. The lowest BCUT2D eigenvalue weighted by molar-refractivity contribution is -0.149. The second-order valence-corrected chi connectivity index (χ2v) is 8.68. The number of carbonyl (C=O) groups excluding carboxylic acids is 3. The minimum atomic E-state index is -0.683. The van der Waals surface area contributed by atoms with Crippen LogP contribution in [0.15, 0.2) is 24.3 Å². The van der Waals surface area contributed by atoms with Crippen LogP contribution in [0.1, 0.15) is 56.2 Å². The van der Waals surface area contributed by atoms with Crippen LogP contribution in [0.4, 0.5) is 0 Å². The highest BCUT2D eigenvalue weighted by molar-refractivity contribution is 5.93. The van der Waals surface area contributed by atoms with Crippen molar-refractivity contribution in [2.24, 2.45) is 0 Å². The molecule has 31 heavy (non-hydrogen) atoms. The van der Waals surface area contributed by atoms with Gasteiger partial charge in [-0.1, -0.05) is 24.3 Å². The van der Waals surface area contributed by atoms with Gasteiger partial charge in [0.15, 0.2) is 0 Å². The molecular formula is C23H32N4O4. The smallest absolute Gasteiger partial charge is 0.247 e. The highest BCUT2D eigenvalue weighted by Gasteiger charge is 2.46. The Balaban J connectivity index is 1.47. The van der Waals surface area contributed by atoms with Crippen molar-refractivity contribution in [2.75, 3.05) is 13.7 Å². The van der Waals surface area contributed by atoms with Gasteiger partial charge in [0.25, 0.3) is 0 Å². The number of likely N-dealkylation sites (N-methyl/N-ethyl adjacent to an activating group) is 1. The van der Waals surface area contributed by atoms with E-state index in [0.29, 0.717) is 25.9 Å². The second-order valence-electron chi connectivity index (χ2n) is 8.68. The van der Waals surface area contributed by atoms with Gasteiger partial charge < -0.3 is 25.6 Å². The SMILES string of the molecule is CN[C@@H](C)C(=O)N[C@H]1CCOC2CC[C@@H](C(=O)N[C@@H]3CCCc4ccccc43)N2C1=O. The average Bonchev–Trinajstić information content (AvgIpc) is 3.15. The minimum Gasteiger partial charge on any atom is -0.358 e. The maximum atomic E-state index is 13.3. The molecule has 2 fully saturated rings. The summed E-state index contributed by atoms with van der Waals surface area (Å²) in [5.74, 6) is -0.615. The Morgan fingerprint density at radius 1 is 1.10 bits per heavy atom. The first-order valence-electron chi connectivity index (χ1n) is 11.3. The monoisotopic (exact) mass is 428 g/mol. The molecule has 0 saturated carbocycles. The van der Waals surface area contributed by atoms with Crippen molar-refractivity contribution in [3.05, 3.63) is 35.4 Å². The molecular weight excluding hydrogens is 396 g/mol. The van der Waals surface area contributed by atoms with Gasteiger partial charge in [0.2, 0.25) is 17.7 Å². The van der Waals surface area contributed by atoms with E-state index >= 15 is 0 Å². The molecule has 5 atom stereocenters. The van der Waals surface area contributed by atoms with Crippen molar-refractivity contribution >= 4 is 17.7 Å². The van der Waals surface area contributed by atoms with E-state index in [9.17, 15) is 14.4 Å². The van der Waals surface area contributed by atoms with Gasteiger partial charge in [0, 0.05) is 6.42 Å². The van der Waals surface area contributed by atoms with Crippen LogP contribution in [0.5, 0.6) is 0 Å². The number of hydrogen-bond donors (Lipinski definition) is 3. The van der Waals surface area contributed by atoms with Crippen LogP contribution in [0.3, 0.4) is 0 Å². The summed E-state index contributed by atoms with van der Waals surface area (Å²) >= 11 is 0. The van der Waals surface area contributed by atoms with Gasteiger partial charge in [-0.25, -0.2) is 0 Å². The fourth-order valence-corrected chi connectivity index (χ4v) is 4.85. The molecule has 2 aliphatic heterocycles. The van der Waals surface area contributed by atoms with E-state index in [4.69, 9.17) is 4.74 Å². The van der Waals surface area contributed by atoms with Crippen molar-refractivity contribution in [1.82, 2.24) is 20.9 Å². The highest BCUT2D eigenvalue weighted by Crippen LogP contribution is 2.32. The predicted octanol–water partition coefficient (Wildman–Crippen LogP) is 1.01. The lowest BCUT2D eigenvalue weighted by Gasteiger charge is -2.32. The maximum Gasteiger partial charge on any atom is 0.247 e. The summed E-state index contributed by atoms with van der Waals surface area (Å²) in [6.45, 7) is 2.11. The zero-order valence-corrected chi connectivity index (χ0v) is 18.2. The number of ether oxygens (including phenoxy) is 1. The van der Waals surface area contributed by atoms with Crippen molar-refractivity contribution in [1.29, 1.82) is 0 Å². The Bertz CT molecular complexity index is 845. The molecule has 3 aliphatic rings. The number of benzene rings is 1. The fourth-order valence-electron chi connectivity index (χ4n) is 4.85. The van der Waals surface area contributed by atoms with Crippen LogP contribution in [0, 0.1) is 0 Å². The van der Waals surface area contributed by atoms with Crippen LogP contribution >= 0.6 is 0 Å². The van der Waals surface area contributed by atoms with Gasteiger partial charge in [0.1, 0.15) is 18.3 Å². The molecule has 0 aromatic heterocycles. The summed E-state index contributed by atoms with van der Waals surface area (Å²) < 4.78 is 5.88. The van der Waals surface area contributed by atoms with E-state index in [1.807, 2.05) is 12.1 Å². The van der Waals surface area contributed by atoms with E-state index in [2.05, 4.69) is 28.1 Å². The molecule has 0 radical (unpaired) electrons. The Hall–Kier alpha value is -2.45. The van der Waals surface area contributed by atoms with Gasteiger partial charge in [-0.15, -0.1) is 0 Å². The number of carbonyl (C=O) groups is 3. The molecule has 8 nitrogen and oxygen atoms in total. The van der Waals surface area contributed by atoms with Crippen molar-refractivity contribution in [2.45, 2.75) is 75.8 Å². The molecule has 0 bridgehead atoms. The molecule has 8 heteroatoms. The topological polar surface area (TPSA) is 99.8 Å². The Morgan fingerprint density at radius 2 is 1.90 bits per heavy atom. The molecule has 0 spiro atoms. The van der Waals surface area contributed by atoms with E-state index in [1.165, 1.54) is 11.1 Å². The van der Waals surface area contributed by atoms with Crippen LogP contribution in [-0.4, -0.2) is 60.6 Å². The first-order chi connectivity index (χ1) is 15.0. The third kappa shape index (κ3) is 4.45. The van der Waals surface area contributed by atoms with Gasteiger partial charge >= 0.3 is 0 Å². The largest absolute Gasteiger partial charge is 0.358 e. The van der Waals surface area contributed by atoms with Gasteiger partial charge in [-0.05, 0) is 57.2 Å². The molecule has 1 aliphatic carbocycles. The Morgan fingerprint density at radius 3 is 2.71 bits per heavy atom. The van der Waals surface area contributed by atoms with Crippen molar-refractivity contribution in [3.8, 4) is 0 Å². The number of hydrogen-bond acceptors (Lipinski definition) is 5. The zero-order valence-electron chi connectivity index (χ0n) is 18.2. The lowest BCUT2D eigenvalue weighted by Crippen LogP contribution is -2.56. The highest BCUT2D eigenvalue weighted by atomic mass is 16.5. The minimum absolute atomic E-state index is 0.0357. The van der Waals surface area contributed by atoms with E-state index in [1.54, 1.807) is 18.9 Å². The normalized spacial score (nSPS) is 28.8. The molecule has 1 aromatic carbocycles. The number of nitrogens with zero attached hydrogens (tertiary/aromatic N) is 1. The number of fused-ring (bicyclic) bond motifs is 2. The third-order valence-electron chi connectivity index (χ3n) is 6.73. The zero-order chi connectivity index (χ0) is 22.0. The number of nitrogens with one attached hydrogen (secondary N) is 3. The molecule has 2 heterocycles. The summed E-state index contributed by atoms with van der Waals surface area (Å²) in [6, 6.07) is 6.52. The van der Waals surface area contributed by atoms with Gasteiger partial charge in [-0.3, -0.25) is 14.4 Å². The standard InChI is InChI=1S/C23H32N4O4/c1-14(24-2)21(28)26-18-12-13-31-20-11-10-19(27(20)23(18)30)22(29)25-17-9-5-7-15-6-3-4-8-16(15)17/h3-4,6,8,14,17-20,24H,5,7,9-13H2,1-2H3,(H,25,29)(H,26,28)/t14-,17+,18-,19-,20?/m0/s1. The average molecular weight is 429 g/mol. The Labute approximate surface area is 183 Å².